The minimum Gasteiger partial charge on any atom is -0.395 e. The Kier molecular flexibility index (Phi) is 5.81. The quantitative estimate of drug-likeness (QED) is 0.688. The van der Waals surface area contributed by atoms with Gasteiger partial charge in [0.05, 0.1) is 12.2 Å². The fourth-order valence-electron chi connectivity index (χ4n) is 2.49. The smallest absolute Gasteiger partial charge is 0.395 e. The van der Waals surface area contributed by atoms with Crippen LogP contribution in [-0.2, 0) is 13.6 Å². The highest BCUT2D eigenvalue weighted by molar-refractivity contribution is 7.49. The highest BCUT2D eigenvalue weighted by Gasteiger charge is 2.34. The van der Waals surface area contributed by atoms with E-state index in [9.17, 15) is 9.36 Å². The van der Waals surface area contributed by atoms with E-state index in [0.29, 0.717) is 11.3 Å². The number of carbonyl (C=O) groups is 1. The number of phosphoric ester groups is 1. The van der Waals surface area contributed by atoms with E-state index < -0.39 is 13.8 Å². The molecule has 0 saturated carbocycles. The Bertz CT molecular complexity index is 747. The van der Waals surface area contributed by atoms with Crippen LogP contribution in [0.5, 0.6) is 5.75 Å². The van der Waals surface area contributed by atoms with Crippen LogP contribution < -0.4 is 4.52 Å². The summed E-state index contributed by atoms with van der Waals surface area (Å²) in [4.78, 5) is 12.5. The van der Waals surface area contributed by atoms with Crippen LogP contribution in [0.3, 0.4) is 0 Å². The second-order valence-electron chi connectivity index (χ2n) is 5.42. The van der Waals surface area contributed by atoms with Gasteiger partial charge < -0.3 is 9.05 Å². The van der Waals surface area contributed by atoms with E-state index in [1.54, 1.807) is 51.1 Å². The van der Waals surface area contributed by atoms with E-state index in [2.05, 4.69) is 0 Å². The molecule has 0 amide bonds. The second kappa shape index (κ2) is 7.65. The predicted octanol–water partition coefficient (Wildman–Crippen LogP) is 4.99. The lowest BCUT2D eigenvalue weighted by atomic mass is 10.0. The number of para-hydroxylation sites is 1. The van der Waals surface area contributed by atoms with Crippen LogP contribution >= 0.6 is 7.82 Å². The average Bonchev–Trinajstić information content (AvgIpc) is 2.46. The summed E-state index contributed by atoms with van der Waals surface area (Å²) in [5, 5.41) is 0. The van der Waals surface area contributed by atoms with Crippen molar-refractivity contribution in [3.05, 3.63) is 64.7 Å². The Balaban J connectivity index is 2.27. The Morgan fingerprint density at radius 2 is 1.62 bits per heavy atom. The molecule has 0 aliphatic carbocycles. The summed E-state index contributed by atoms with van der Waals surface area (Å²) in [5.41, 5.74) is 2.91. The molecule has 0 fully saturated rings. The van der Waals surface area contributed by atoms with Gasteiger partial charge in [-0.3, -0.25) is 4.52 Å². The van der Waals surface area contributed by atoms with Crippen molar-refractivity contribution in [3.8, 4) is 5.75 Å². The normalized spacial score (nSPS) is 13.2. The molecule has 0 N–H and O–H groups in total. The third-order valence-electron chi connectivity index (χ3n) is 3.32. The highest BCUT2D eigenvalue weighted by Crippen LogP contribution is 2.50. The van der Waals surface area contributed by atoms with E-state index in [0.717, 1.165) is 16.7 Å². The number of carbonyl (C=O) groups excluding carboxylic acids is 1. The number of phosphoric acid groups is 1. The molecule has 0 radical (unpaired) electrons. The molecule has 1 atom stereocenters. The maximum absolute atomic E-state index is 12.8. The van der Waals surface area contributed by atoms with Gasteiger partial charge in [-0.05, 0) is 51.0 Å². The SMILES string of the molecule is CCOP(=O)(OC(=O)c1c(C)cc(C)cc1C)Oc1ccccc1. The molecule has 0 spiro atoms. The monoisotopic (exact) mass is 348 g/mol. The van der Waals surface area contributed by atoms with Crippen LogP contribution in [0.25, 0.3) is 0 Å². The first-order valence-electron chi connectivity index (χ1n) is 7.65. The topological polar surface area (TPSA) is 61.8 Å². The highest BCUT2D eigenvalue weighted by atomic mass is 31.2. The van der Waals surface area contributed by atoms with Gasteiger partial charge in [-0.25, -0.2) is 9.36 Å². The lowest BCUT2D eigenvalue weighted by Crippen LogP contribution is -2.12. The predicted molar refractivity (Wildman–Crippen MR) is 92.4 cm³/mol. The molecule has 1 unspecified atom stereocenters. The molecule has 0 saturated heterocycles. The molecule has 0 bridgehead atoms. The lowest BCUT2D eigenvalue weighted by Gasteiger charge is -2.18. The molecular formula is C18H21O5P. The summed E-state index contributed by atoms with van der Waals surface area (Å²) in [6, 6.07) is 12.2. The summed E-state index contributed by atoms with van der Waals surface area (Å²) in [6.07, 6.45) is 0. The molecule has 0 aromatic heterocycles. The van der Waals surface area contributed by atoms with Gasteiger partial charge in [0.25, 0.3) is 0 Å². The van der Waals surface area contributed by atoms with E-state index in [1.807, 2.05) is 19.1 Å². The van der Waals surface area contributed by atoms with Gasteiger partial charge in [0, 0.05) is 0 Å². The van der Waals surface area contributed by atoms with E-state index >= 15 is 0 Å². The van der Waals surface area contributed by atoms with Crippen LogP contribution in [0.2, 0.25) is 0 Å². The van der Waals surface area contributed by atoms with Crippen molar-refractivity contribution in [3.63, 3.8) is 0 Å². The fraction of sp³-hybridized carbons (Fsp3) is 0.278. The third kappa shape index (κ3) is 4.47. The first kappa shape index (κ1) is 18.2. The number of aryl methyl sites for hydroxylation is 3. The van der Waals surface area contributed by atoms with Crippen molar-refractivity contribution in [2.75, 3.05) is 6.61 Å². The fourth-order valence-corrected chi connectivity index (χ4v) is 3.62. The first-order chi connectivity index (χ1) is 11.3. The molecule has 0 aliphatic rings. The van der Waals surface area contributed by atoms with Crippen LogP contribution in [0.15, 0.2) is 42.5 Å². The van der Waals surface area contributed by atoms with Gasteiger partial charge in [0.2, 0.25) is 0 Å². The van der Waals surface area contributed by atoms with Gasteiger partial charge in [-0.1, -0.05) is 35.9 Å². The summed E-state index contributed by atoms with van der Waals surface area (Å²) < 4.78 is 28.4. The van der Waals surface area contributed by atoms with Gasteiger partial charge in [0.15, 0.2) is 0 Å². The zero-order valence-corrected chi connectivity index (χ0v) is 15.1. The van der Waals surface area contributed by atoms with Crippen molar-refractivity contribution < 1.29 is 22.9 Å². The molecule has 128 valence electrons. The van der Waals surface area contributed by atoms with Crippen LogP contribution in [0.4, 0.5) is 0 Å². The molecule has 6 heteroatoms. The van der Waals surface area contributed by atoms with Gasteiger partial charge in [0.1, 0.15) is 5.75 Å². The number of hydrogen-bond acceptors (Lipinski definition) is 5. The van der Waals surface area contributed by atoms with Gasteiger partial charge >= 0.3 is 13.8 Å². The molecule has 0 aliphatic heterocycles. The Morgan fingerprint density at radius 3 is 2.17 bits per heavy atom. The molecule has 5 nitrogen and oxygen atoms in total. The Hall–Kier alpha value is -2.10. The lowest BCUT2D eigenvalue weighted by molar-refractivity contribution is 0.0654. The second-order valence-corrected chi connectivity index (χ2v) is 6.94. The number of rotatable bonds is 6. The van der Waals surface area contributed by atoms with Crippen LogP contribution in [-0.4, -0.2) is 12.6 Å². The Labute approximate surface area is 142 Å². The van der Waals surface area contributed by atoms with E-state index in [-0.39, 0.29) is 6.61 Å². The number of benzene rings is 2. The van der Waals surface area contributed by atoms with Gasteiger partial charge in [-0.15, -0.1) is 0 Å². The van der Waals surface area contributed by atoms with Crippen molar-refractivity contribution in [2.24, 2.45) is 0 Å². The summed E-state index contributed by atoms with van der Waals surface area (Å²) in [6.45, 7) is 7.29. The molecule has 2 aromatic carbocycles. The largest absolute Gasteiger partial charge is 0.590 e. The van der Waals surface area contributed by atoms with Gasteiger partial charge in [-0.2, -0.15) is 0 Å². The standard InChI is InChI=1S/C18H21O5P/c1-5-21-24(20,22-16-9-7-6-8-10-16)23-18(19)17-14(3)11-13(2)12-15(17)4/h6-12H,5H2,1-4H3. The minimum absolute atomic E-state index is 0.0866. The van der Waals surface area contributed by atoms with Crippen molar-refractivity contribution in [1.29, 1.82) is 0 Å². The van der Waals surface area contributed by atoms with Crippen LogP contribution in [0.1, 0.15) is 34.0 Å². The molecule has 0 heterocycles. The van der Waals surface area contributed by atoms with Crippen LogP contribution in [0, 0.1) is 20.8 Å². The number of hydrogen-bond donors (Lipinski definition) is 0. The van der Waals surface area contributed by atoms with E-state index in [1.165, 1.54) is 0 Å². The average molecular weight is 348 g/mol. The van der Waals surface area contributed by atoms with Crippen molar-refractivity contribution in [1.82, 2.24) is 0 Å². The summed E-state index contributed by atoms with van der Waals surface area (Å²) in [7, 11) is -4.06. The maximum atomic E-state index is 12.8. The van der Waals surface area contributed by atoms with Crippen molar-refractivity contribution in [2.45, 2.75) is 27.7 Å². The van der Waals surface area contributed by atoms with E-state index in [4.69, 9.17) is 13.6 Å². The molecule has 2 rings (SSSR count). The summed E-state index contributed by atoms with van der Waals surface area (Å²) in [5.74, 6) is -0.419. The zero-order valence-electron chi connectivity index (χ0n) is 14.2. The molecule has 2 aromatic rings. The molecule has 24 heavy (non-hydrogen) atoms. The first-order valence-corrected chi connectivity index (χ1v) is 9.11. The summed E-state index contributed by atoms with van der Waals surface area (Å²) >= 11 is 0. The maximum Gasteiger partial charge on any atom is 0.590 e. The third-order valence-corrected chi connectivity index (χ3v) is 4.72. The molecular weight excluding hydrogens is 327 g/mol. The Morgan fingerprint density at radius 1 is 1.04 bits per heavy atom. The zero-order chi connectivity index (χ0) is 17.7. The minimum atomic E-state index is -4.06. The van der Waals surface area contributed by atoms with Crippen molar-refractivity contribution >= 4 is 13.8 Å².